The standard InChI is InChI=1S/C12H14BrClO3/c13-9-5-6-11(10(14)8-9)17-7-3-1-2-4-12(15)16/h5-6,8H,1-4,7H2,(H,15,16). The Hall–Kier alpha value is -0.740. The van der Waals surface area contributed by atoms with Gasteiger partial charge in [0.25, 0.3) is 0 Å². The zero-order valence-corrected chi connectivity index (χ0v) is 11.6. The summed E-state index contributed by atoms with van der Waals surface area (Å²) in [5.41, 5.74) is 0. The van der Waals surface area contributed by atoms with Crippen LogP contribution in [0.3, 0.4) is 0 Å². The largest absolute Gasteiger partial charge is 0.492 e. The van der Waals surface area contributed by atoms with Gasteiger partial charge in [0.1, 0.15) is 5.75 Å². The van der Waals surface area contributed by atoms with Crippen molar-refractivity contribution in [1.29, 1.82) is 0 Å². The first-order chi connectivity index (χ1) is 8.09. The molecule has 0 aliphatic heterocycles. The number of rotatable bonds is 7. The molecule has 0 spiro atoms. The monoisotopic (exact) mass is 320 g/mol. The van der Waals surface area contributed by atoms with Gasteiger partial charge in [-0.05, 0) is 37.5 Å². The molecule has 1 rings (SSSR count). The van der Waals surface area contributed by atoms with E-state index >= 15 is 0 Å². The molecule has 3 nitrogen and oxygen atoms in total. The maximum atomic E-state index is 10.3. The maximum Gasteiger partial charge on any atom is 0.303 e. The first kappa shape index (κ1) is 14.3. The van der Waals surface area contributed by atoms with Gasteiger partial charge in [-0.15, -0.1) is 0 Å². The number of benzene rings is 1. The van der Waals surface area contributed by atoms with Crippen molar-refractivity contribution in [2.75, 3.05) is 6.61 Å². The molecule has 1 aromatic carbocycles. The topological polar surface area (TPSA) is 46.5 Å². The Labute approximate surface area is 114 Å². The van der Waals surface area contributed by atoms with Gasteiger partial charge in [0, 0.05) is 10.9 Å². The lowest BCUT2D eigenvalue weighted by molar-refractivity contribution is -0.137. The molecule has 0 atom stereocenters. The summed E-state index contributed by atoms with van der Waals surface area (Å²) in [5.74, 6) is -0.0880. The SMILES string of the molecule is O=C(O)CCCCCOc1ccc(Br)cc1Cl. The Morgan fingerprint density at radius 2 is 2.12 bits per heavy atom. The number of hydrogen-bond acceptors (Lipinski definition) is 2. The van der Waals surface area contributed by atoms with E-state index in [1.54, 1.807) is 6.07 Å². The average Bonchev–Trinajstić information content (AvgIpc) is 2.25. The Morgan fingerprint density at radius 3 is 2.76 bits per heavy atom. The van der Waals surface area contributed by atoms with Crippen LogP contribution < -0.4 is 4.74 Å². The lowest BCUT2D eigenvalue weighted by atomic mass is 10.2. The third-order valence-corrected chi connectivity index (χ3v) is 2.98. The van der Waals surface area contributed by atoms with Crippen LogP contribution in [0.1, 0.15) is 25.7 Å². The van der Waals surface area contributed by atoms with E-state index in [2.05, 4.69) is 15.9 Å². The molecule has 1 N–H and O–H groups in total. The summed E-state index contributed by atoms with van der Waals surface area (Å²) in [7, 11) is 0. The van der Waals surface area contributed by atoms with Crippen molar-refractivity contribution in [1.82, 2.24) is 0 Å². The van der Waals surface area contributed by atoms with Crippen LogP contribution in [0, 0.1) is 0 Å². The fraction of sp³-hybridized carbons (Fsp3) is 0.417. The summed E-state index contributed by atoms with van der Waals surface area (Å²) in [6.07, 6.45) is 2.59. The minimum Gasteiger partial charge on any atom is -0.492 e. The summed E-state index contributed by atoms with van der Waals surface area (Å²) in [6, 6.07) is 5.45. The molecule has 0 aliphatic carbocycles. The summed E-state index contributed by atoms with van der Waals surface area (Å²) in [4.78, 5) is 10.3. The number of unbranched alkanes of at least 4 members (excludes halogenated alkanes) is 2. The van der Waals surface area contributed by atoms with E-state index in [0.717, 1.165) is 17.3 Å². The van der Waals surface area contributed by atoms with Crippen LogP contribution >= 0.6 is 27.5 Å². The third-order valence-electron chi connectivity index (χ3n) is 2.19. The van der Waals surface area contributed by atoms with Crippen LogP contribution in [0.2, 0.25) is 5.02 Å². The zero-order chi connectivity index (χ0) is 12.7. The van der Waals surface area contributed by atoms with E-state index in [1.807, 2.05) is 12.1 Å². The second kappa shape index (κ2) is 7.56. The van der Waals surface area contributed by atoms with Crippen LogP contribution in [0.25, 0.3) is 0 Å². The van der Waals surface area contributed by atoms with Gasteiger partial charge in [0.15, 0.2) is 0 Å². The van der Waals surface area contributed by atoms with Gasteiger partial charge in [-0.1, -0.05) is 27.5 Å². The van der Waals surface area contributed by atoms with Crippen molar-refractivity contribution in [2.24, 2.45) is 0 Å². The number of carboxylic acids is 1. The summed E-state index contributed by atoms with van der Waals surface area (Å²) < 4.78 is 6.41. The normalized spacial score (nSPS) is 10.2. The van der Waals surface area contributed by atoms with E-state index < -0.39 is 5.97 Å². The highest BCUT2D eigenvalue weighted by Crippen LogP contribution is 2.27. The predicted octanol–water partition coefficient (Wildman–Crippen LogP) is 4.13. The van der Waals surface area contributed by atoms with Gasteiger partial charge in [-0.25, -0.2) is 0 Å². The minimum absolute atomic E-state index is 0.221. The Bertz CT molecular complexity index is 382. The number of ether oxygens (including phenoxy) is 1. The molecule has 0 saturated heterocycles. The van der Waals surface area contributed by atoms with Crippen molar-refractivity contribution in [3.63, 3.8) is 0 Å². The Morgan fingerprint density at radius 1 is 1.35 bits per heavy atom. The second-order valence-corrected chi connectivity index (χ2v) is 4.95. The molecule has 0 fully saturated rings. The van der Waals surface area contributed by atoms with Crippen LogP contribution in [-0.4, -0.2) is 17.7 Å². The van der Waals surface area contributed by atoms with Gasteiger partial charge in [-0.3, -0.25) is 4.79 Å². The third kappa shape index (κ3) is 5.94. The highest BCUT2D eigenvalue weighted by molar-refractivity contribution is 9.10. The minimum atomic E-state index is -0.748. The predicted molar refractivity (Wildman–Crippen MR) is 70.8 cm³/mol. The van der Waals surface area contributed by atoms with E-state index in [0.29, 0.717) is 23.8 Å². The van der Waals surface area contributed by atoms with Crippen LogP contribution in [0.4, 0.5) is 0 Å². The van der Waals surface area contributed by atoms with Crippen molar-refractivity contribution in [3.8, 4) is 5.75 Å². The number of carboxylic acid groups (broad SMARTS) is 1. The van der Waals surface area contributed by atoms with Gasteiger partial charge in [0.05, 0.1) is 11.6 Å². The number of hydrogen-bond donors (Lipinski definition) is 1. The smallest absolute Gasteiger partial charge is 0.303 e. The Balaban J connectivity index is 2.20. The number of aliphatic carboxylic acids is 1. The highest BCUT2D eigenvalue weighted by atomic mass is 79.9. The average molecular weight is 322 g/mol. The van der Waals surface area contributed by atoms with Gasteiger partial charge < -0.3 is 9.84 Å². The van der Waals surface area contributed by atoms with E-state index in [4.69, 9.17) is 21.4 Å². The molecule has 0 heterocycles. The van der Waals surface area contributed by atoms with Gasteiger partial charge >= 0.3 is 5.97 Å². The van der Waals surface area contributed by atoms with Gasteiger partial charge in [-0.2, -0.15) is 0 Å². The molecular formula is C12H14BrClO3. The lowest BCUT2D eigenvalue weighted by Gasteiger charge is -2.07. The molecule has 0 bridgehead atoms. The van der Waals surface area contributed by atoms with Crippen molar-refractivity contribution in [2.45, 2.75) is 25.7 Å². The highest BCUT2D eigenvalue weighted by Gasteiger charge is 2.02. The summed E-state index contributed by atoms with van der Waals surface area (Å²) in [6.45, 7) is 0.557. The summed E-state index contributed by atoms with van der Waals surface area (Å²) >= 11 is 9.30. The molecule has 0 amide bonds. The quantitative estimate of drug-likeness (QED) is 0.768. The molecule has 0 saturated carbocycles. The van der Waals surface area contributed by atoms with E-state index in [-0.39, 0.29) is 6.42 Å². The first-order valence-electron chi connectivity index (χ1n) is 5.39. The van der Waals surface area contributed by atoms with Crippen molar-refractivity contribution >= 4 is 33.5 Å². The molecule has 5 heteroatoms. The van der Waals surface area contributed by atoms with Crippen LogP contribution in [-0.2, 0) is 4.79 Å². The number of halogens is 2. The molecule has 17 heavy (non-hydrogen) atoms. The molecule has 1 aromatic rings. The summed E-state index contributed by atoms with van der Waals surface area (Å²) in [5, 5.41) is 9.03. The van der Waals surface area contributed by atoms with Gasteiger partial charge in [0.2, 0.25) is 0 Å². The molecule has 0 aromatic heterocycles. The Kier molecular flexibility index (Phi) is 6.37. The zero-order valence-electron chi connectivity index (χ0n) is 9.29. The first-order valence-corrected chi connectivity index (χ1v) is 6.56. The molecule has 0 aliphatic rings. The lowest BCUT2D eigenvalue weighted by Crippen LogP contribution is -1.99. The van der Waals surface area contributed by atoms with E-state index in [1.165, 1.54) is 0 Å². The second-order valence-electron chi connectivity index (χ2n) is 3.63. The van der Waals surface area contributed by atoms with E-state index in [9.17, 15) is 4.79 Å². The molecule has 94 valence electrons. The fourth-order valence-electron chi connectivity index (χ4n) is 1.33. The fourth-order valence-corrected chi connectivity index (χ4v) is 2.06. The van der Waals surface area contributed by atoms with Crippen molar-refractivity contribution in [3.05, 3.63) is 27.7 Å². The van der Waals surface area contributed by atoms with Crippen LogP contribution in [0.5, 0.6) is 5.75 Å². The van der Waals surface area contributed by atoms with Crippen LogP contribution in [0.15, 0.2) is 22.7 Å². The molecular weight excluding hydrogens is 307 g/mol. The molecule has 0 unspecified atom stereocenters. The van der Waals surface area contributed by atoms with Crippen molar-refractivity contribution < 1.29 is 14.6 Å². The maximum absolute atomic E-state index is 10.3. The molecule has 0 radical (unpaired) electrons. The number of carbonyl (C=O) groups is 1.